The molecule has 0 radical (unpaired) electrons. The summed E-state index contributed by atoms with van der Waals surface area (Å²) in [5, 5.41) is 8.70. The van der Waals surface area contributed by atoms with Crippen LogP contribution in [0.4, 0.5) is 0 Å². The second-order valence-electron chi connectivity index (χ2n) is 8.97. The third-order valence-electron chi connectivity index (χ3n) is 7.22. The van der Waals surface area contributed by atoms with Gasteiger partial charge in [-0.05, 0) is 99.0 Å². The fourth-order valence-corrected chi connectivity index (χ4v) is 5.45. The molecule has 2 aliphatic carbocycles. The van der Waals surface area contributed by atoms with Gasteiger partial charge in [0, 0.05) is 6.08 Å². The van der Waals surface area contributed by atoms with Crippen LogP contribution in [0.5, 0.6) is 0 Å². The molecule has 0 spiro atoms. The quantitative estimate of drug-likeness (QED) is 0.362. The molecule has 1 heteroatoms. The second kappa shape index (κ2) is 10.7. The molecule has 2 fully saturated rings. The lowest BCUT2D eigenvalue weighted by atomic mass is 9.68. The predicted octanol–water partition coefficient (Wildman–Crippen LogP) is 7.58. The minimum Gasteiger partial charge on any atom is -0.193 e. The molecule has 0 N–H and O–H groups in total. The highest BCUT2D eigenvalue weighted by Gasteiger charge is 2.30. The van der Waals surface area contributed by atoms with E-state index in [9.17, 15) is 0 Å². The van der Waals surface area contributed by atoms with Crippen molar-refractivity contribution in [3.63, 3.8) is 0 Å². The number of unbranched alkanes of at least 4 members (excludes halogenated alkanes) is 2. The molecular formula is C26H37N. The highest BCUT2D eigenvalue weighted by atomic mass is 14.4. The fraction of sp³-hybridized carbons (Fsp3) is 0.654. The molecule has 2 aliphatic rings. The van der Waals surface area contributed by atoms with Crippen molar-refractivity contribution in [1.29, 1.82) is 5.26 Å². The van der Waals surface area contributed by atoms with E-state index >= 15 is 0 Å². The van der Waals surface area contributed by atoms with Crippen LogP contribution in [0.3, 0.4) is 0 Å². The molecular weight excluding hydrogens is 326 g/mol. The van der Waals surface area contributed by atoms with E-state index in [4.69, 9.17) is 5.26 Å². The summed E-state index contributed by atoms with van der Waals surface area (Å²) >= 11 is 0. The number of benzene rings is 1. The molecule has 0 atom stereocenters. The molecule has 0 amide bonds. The molecule has 0 heterocycles. The third kappa shape index (κ3) is 5.97. The molecule has 0 unspecified atom stereocenters. The monoisotopic (exact) mass is 363 g/mol. The van der Waals surface area contributed by atoms with Gasteiger partial charge in [-0.3, -0.25) is 0 Å². The maximum atomic E-state index is 8.70. The lowest BCUT2D eigenvalue weighted by molar-refractivity contribution is 0.171. The van der Waals surface area contributed by atoms with Gasteiger partial charge in [0.1, 0.15) is 0 Å². The number of hydrogen-bond donors (Lipinski definition) is 0. The Bertz CT molecular complexity index is 605. The number of hydrogen-bond acceptors (Lipinski definition) is 1. The van der Waals surface area contributed by atoms with Crippen LogP contribution in [0.1, 0.15) is 94.6 Å². The van der Waals surface area contributed by atoms with E-state index in [1.54, 1.807) is 11.6 Å². The highest BCUT2D eigenvalue weighted by molar-refractivity contribution is 5.26. The molecule has 1 aromatic rings. The van der Waals surface area contributed by atoms with Crippen LogP contribution in [-0.4, -0.2) is 0 Å². The van der Waals surface area contributed by atoms with Crippen LogP contribution in [-0.2, 0) is 6.42 Å². The molecule has 2 saturated carbocycles. The lowest BCUT2D eigenvalue weighted by Crippen LogP contribution is -2.25. The Morgan fingerprint density at radius 3 is 2.11 bits per heavy atom. The van der Waals surface area contributed by atoms with Gasteiger partial charge in [0.2, 0.25) is 0 Å². The Labute approximate surface area is 166 Å². The molecule has 1 aromatic carbocycles. The van der Waals surface area contributed by atoms with Crippen molar-refractivity contribution in [2.45, 2.75) is 89.9 Å². The Hall–Kier alpha value is -1.55. The van der Waals surface area contributed by atoms with Crippen molar-refractivity contribution in [3.8, 4) is 6.07 Å². The molecule has 0 aliphatic heterocycles. The Morgan fingerprint density at radius 2 is 1.52 bits per heavy atom. The van der Waals surface area contributed by atoms with Gasteiger partial charge in [-0.25, -0.2) is 0 Å². The number of rotatable bonds is 7. The van der Waals surface area contributed by atoms with Crippen LogP contribution in [0, 0.1) is 29.1 Å². The van der Waals surface area contributed by atoms with Crippen LogP contribution < -0.4 is 0 Å². The zero-order chi connectivity index (χ0) is 18.9. The van der Waals surface area contributed by atoms with Crippen molar-refractivity contribution in [2.75, 3.05) is 0 Å². The van der Waals surface area contributed by atoms with E-state index in [0.29, 0.717) is 5.92 Å². The minimum absolute atomic E-state index is 0.660. The van der Waals surface area contributed by atoms with Crippen LogP contribution in [0.15, 0.2) is 36.4 Å². The first-order chi connectivity index (χ1) is 13.3. The van der Waals surface area contributed by atoms with E-state index < -0.39 is 0 Å². The van der Waals surface area contributed by atoms with Crippen LogP contribution in [0.2, 0.25) is 0 Å². The van der Waals surface area contributed by atoms with Gasteiger partial charge in [0.15, 0.2) is 0 Å². The average molecular weight is 364 g/mol. The summed E-state index contributed by atoms with van der Waals surface area (Å²) in [4.78, 5) is 0. The molecule has 0 saturated heterocycles. The van der Waals surface area contributed by atoms with Gasteiger partial charge >= 0.3 is 0 Å². The largest absolute Gasteiger partial charge is 0.193 e. The predicted molar refractivity (Wildman–Crippen MR) is 115 cm³/mol. The van der Waals surface area contributed by atoms with Gasteiger partial charge in [0.25, 0.3) is 0 Å². The maximum Gasteiger partial charge on any atom is 0.0908 e. The van der Waals surface area contributed by atoms with Crippen molar-refractivity contribution in [1.82, 2.24) is 0 Å². The van der Waals surface area contributed by atoms with E-state index in [1.165, 1.54) is 82.6 Å². The van der Waals surface area contributed by atoms with Crippen molar-refractivity contribution >= 4 is 0 Å². The Kier molecular flexibility index (Phi) is 8.00. The number of allylic oxidation sites excluding steroid dienone is 2. The zero-order valence-corrected chi connectivity index (χ0v) is 17.2. The van der Waals surface area contributed by atoms with Gasteiger partial charge in [0.05, 0.1) is 6.07 Å². The molecule has 146 valence electrons. The van der Waals surface area contributed by atoms with E-state index in [-0.39, 0.29) is 0 Å². The SMILES string of the molecule is CCCCCc1ccc(C2CCC(C3CCC(/C=C/C#N)CC3)CC2)cc1. The van der Waals surface area contributed by atoms with Gasteiger partial charge in [-0.2, -0.15) is 5.26 Å². The topological polar surface area (TPSA) is 23.8 Å². The summed E-state index contributed by atoms with van der Waals surface area (Å²) in [5.74, 6) is 3.35. The summed E-state index contributed by atoms with van der Waals surface area (Å²) < 4.78 is 0. The van der Waals surface area contributed by atoms with Gasteiger partial charge in [-0.1, -0.05) is 50.1 Å². The third-order valence-corrected chi connectivity index (χ3v) is 7.22. The molecule has 1 nitrogen and oxygen atoms in total. The van der Waals surface area contributed by atoms with Gasteiger partial charge < -0.3 is 0 Å². The molecule has 3 rings (SSSR count). The number of nitriles is 1. The summed E-state index contributed by atoms with van der Waals surface area (Å²) in [5.41, 5.74) is 3.10. The summed E-state index contributed by atoms with van der Waals surface area (Å²) in [6.07, 6.45) is 20.0. The average Bonchev–Trinajstić information content (AvgIpc) is 2.73. The van der Waals surface area contributed by atoms with Crippen molar-refractivity contribution in [3.05, 3.63) is 47.5 Å². The van der Waals surface area contributed by atoms with E-state index in [2.05, 4.69) is 43.3 Å². The smallest absolute Gasteiger partial charge is 0.0908 e. The summed E-state index contributed by atoms with van der Waals surface area (Å²) in [6.45, 7) is 2.27. The van der Waals surface area contributed by atoms with Crippen LogP contribution >= 0.6 is 0 Å². The normalized spacial score (nSPS) is 28.9. The maximum absolute atomic E-state index is 8.70. The number of aryl methyl sites for hydroxylation is 1. The molecule has 27 heavy (non-hydrogen) atoms. The fourth-order valence-electron chi connectivity index (χ4n) is 5.45. The van der Waals surface area contributed by atoms with E-state index in [1.807, 2.05) is 0 Å². The number of nitrogens with zero attached hydrogens (tertiary/aromatic N) is 1. The van der Waals surface area contributed by atoms with Crippen molar-refractivity contribution in [2.24, 2.45) is 17.8 Å². The first kappa shape index (κ1) is 20.2. The summed E-state index contributed by atoms with van der Waals surface area (Å²) in [6, 6.07) is 11.7. The standard InChI is InChI=1S/C26H37N/c1-2-3-4-6-21-8-12-23(13-9-21)25-16-18-26(19-17-25)24-14-10-22(11-15-24)7-5-20-27/h5,7-9,12-13,22,24-26H,2-4,6,10-11,14-19H2,1H3/b7-5+. The van der Waals surface area contributed by atoms with Gasteiger partial charge in [-0.15, -0.1) is 0 Å². The second-order valence-corrected chi connectivity index (χ2v) is 8.97. The minimum atomic E-state index is 0.660. The first-order valence-electron chi connectivity index (χ1n) is 11.4. The highest BCUT2D eigenvalue weighted by Crippen LogP contribution is 2.44. The van der Waals surface area contributed by atoms with E-state index in [0.717, 1.165) is 17.8 Å². The Balaban J connectivity index is 1.42. The van der Waals surface area contributed by atoms with Crippen molar-refractivity contribution < 1.29 is 0 Å². The molecule has 0 aromatic heterocycles. The zero-order valence-electron chi connectivity index (χ0n) is 17.2. The lowest BCUT2D eigenvalue weighted by Gasteiger charge is -2.37. The van der Waals surface area contributed by atoms with Crippen LogP contribution in [0.25, 0.3) is 0 Å². The summed E-state index contributed by atoms with van der Waals surface area (Å²) in [7, 11) is 0. The Morgan fingerprint density at radius 1 is 0.889 bits per heavy atom. The first-order valence-corrected chi connectivity index (χ1v) is 11.4. The molecule has 0 bridgehead atoms.